The molecule has 0 unspecified atom stereocenters. The molecule has 1 rings (SSSR count). The third-order valence-electron chi connectivity index (χ3n) is 2.25. The Morgan fingerprint density at radius 2 is 2.13 bits per heavy atom. The first-order valence-corrected chi connectivity index (χ1v) is 5.09. The normalized spacial score (nSPS) is 11.7. The van der Waals surface area contributed by atoms with Crippen molar-refractivity contribution in [1.82, 2.24) is 5.32 Å². The van der Waals surface area contributed by atoms with Gasteiger partial charge in [0.15, 0.2) is 0 Å². The molecule has 1 aromatic carbocycles. The molecule has 0 fully saturated rings. The van der Waals surface area contributed by atoms with E-state index in [0.717, 1.165) is 5.56 Å². The van der Waals surface area contributed by atoms with Gasteiger partial charge in [-0.25, -0.2) is 4.39 Å². The molecule has 0 radical (unpaired) electrons. The molecule has 2 nitrogen and oxygen atoms in total. The van der Waals surface area contributed by atoms with Crippen LogP contribution in [0, 0.1) is 11.2 Å². The Kier molecular flexibility index (Phi) is 4.24. The Morgan fingerprint density at radius 3 is 2.73 bits per heavy atom. The maximum absolute atomic E-state index is 12.8. The predicted molar refractivity (Wildman–Crippen MR) is 59.0 cm³/mol. The maximum atomic E-state index is 12.8. The molecule has 0 spiro atoms. The Balaban J connectivity index is 2.38. The zero-order valence-electron chi connectivity index (χ0n) is 9.26. The molecule has 0 aliphatic heterocycles. The highest BCUT2D eigenvalue weighted by Crippen LogP contribution is 2.11. The van der Waals surface area contributed by atoms with Crippen molar-refractivity contribution < 1.29 is 9.50 Å². The van der Waals surface area contributed by atoms with Gasteiger partial charge in [-0.15, -0.1) is 0 Å². The second-order valence-electron chi connectivity index (χ2n) is 4.56. The third kappa shape index (κ3) is 4.40. The number of hydrogen-bond donors (Lipinski definition) is 2. The summed E-state index contributed by atoms with van der Waals surface area (Å²) in [5, 5.41) is 12.2. The summed E-state index contributed by atoms with van der Waals surface area (Å²) in [5.74, 6) is -0.212. The van der Waals surface area contributed by atoms with Crippen molar-refractivity contribution in [2.75, 3.05) is 13.2 Å². The second-order valence-corrected chi connectivity index (χ2v) is 4.56. The van der Waals surface area contributed by atoms with E-state index < -0.39 is 0 Å². The Labute approximate surface area is 90.1 Å². The molecular formula is C12H18FNO. The van der Waals surface area contributed by atoms with Crippen LogP contribution >= 0.6 is 0 Å². The summed E-state index contributed by atoms with van der Waals surface area (Å²) in [7, 11) is 0. The van der Waals surface area contributed by atoms with Crippen LogP contribution in [0.5, 0.6) is 0 Å². The second kappa shape index (κ2) is 5.24. The number of hydrogen-bond acceptors (Lipinski definition) is 2. The maximum Gasteiger partial charge on any atom is 0.123 e. The average molecular weight is 211 g/mol. The molecule has 2 N–H and O–H groups in total. The molecule has 0 aliphatic rings. The fourth-order valence-electron chi connectivity index (χ4n) is 1.25. The van der Waals surface area contributed by atoms with Gasteiger partial charge in [-0.1, -0.05) is 26.0 Å². The zero-order valence-corrected chi connectivity index (χ0v) is 9.26. The monoisotopic (exact) mass is 211 g/mol. The van der Waals surface area contributed by atoms with Crippen LogP contribution in [0.3, 0.4) is 0 Å². The molecule has 0 atom stereocenters. The van der Waals surface area contributed by atoms with E-state index in [9.17, 15) is 4.39 Å². The Hall–Kier alpha value is -0.930. The standard InChI is InChI=1S/C12H18FNO/c1-12(2,9-15)8-14-7-10-4-3-5-11(13)6-10/h3-6,14-15H,7-9H2,1-2H3. The van der Waals surface area contributed by atoms with Crippen LogP contribution < -0.4 is 5.32 Å². The van der Waals surface area contributed by atoms with Gasteiger partial charge in [0.2, 0.25) is 0 Å². The Morgan fingerprint density at radius 1 is 1.40 bits per heavy atom. The fraction of sp³-hybridized carbons (Fsp3) is 0.500. The first-order valence-electron chi connectivity index (χ1n) is 5.09. The summed E-state index contributed by atoms with van der Waals surface area (Å²) >= 11 is 0. The lowest BCUT2D eigenvalue weighted by Gasteiger charge is -2.21. The molecule has 0 saturated carbocycles. The molecule has 15 heavy (non-hydrogen) atoms. The number of halogens is 1. The summed E-state index contributed by atoms with van der Waals surface area (Å²) in [6.07, 6.45) is 0. The van der Waals surface area contributed by atoms with Gasteiger partial charge in [-0.05, 0) is 17.7 Å². The van der Waals surface area contributed by atoms with E-state index in [1.807, 2.05) is 19.9 Å². The minimum absolute atomic E-state index is 0.132. The lowest BCUT2D eigenvalue weighted by molar-refractivity contribution is 0.156. The first kappa shape index (κ1) is 12.1. The van der Waals surface area contributed by atoms with Crippen LogP contribution in [0.1, 0.15) is 19.4 Å². The van der Waals surface area contributed by atoms with Crippen molar-refractivity contribution in [3.05, 3.63) is 35.6 Å². The number of benzene rings is 1. The van der Waals surface area contributed by atoms with Crippen molar-refractivity contribution in [2.45, 2.75) is 20.4 Å². The molecule has 84 valence electrons. The number of aliphatic hydroxyl groups is 1. The molecule has 3 heteroatoms. The molecule has 0 aromatic heterocycles. The van der Waals surface area contributed by atoms with E-state index >= 15 is 0 Å². The van der Waals surface area contributed by atoms with E-state index in [4.69, 9.17) is 5.11 Å². The van der Waals surface area contributed by atoms with Gasteiger partial charge in [-0.3, -0.25) is 0 Å². The lowest BCUT2D eigenvalue weighted by atomic mass is 9.95. The molecule has 0 aliphatic carbocycles. The SMILES string of the molecule is CC(C)(CO)CNCc1cccc(F)c1. The van der Waals surface area contributed by atoms with Gasteiger partial charge in [-0.2, -0.15) is 0 Å². The minimum atomic E-state index is -0.212. The summed E-state index contributed by atoms with van der Waals surface area (Å²) in [4.78, 5) is 0. The summed E-state index contributed by atoms with van der Waals surface area (Å²) in [6.45, 7) is 5.43. The van der Waals surface area contributed by atoms with Gasteiger partial charge in [0.05, 0.1) is 0 Å². The predicted octanol–water partition coefficient (Wildman–Crippen LogP) is 1.93. The van der Waals surface area contributed by atoms with Gasteiger partial charge < -0.3 is 10.4 Å². The average Bonchev–Trinajstić information content (AvgIpc) is 2.18. The van der Waals surface area contributed by atoms with E-state index in [1.165, 1.54) is 12.1 Å². The molecule has 0 amide bonds. The number of rotatable bonds is 5. The smallest absolute Gasteiger partial charge is 0.123 e. The molecular weight excluding hydrogens is 193 g/mol. The highest BCUT2D eigenvalue weighted by atomic mass is 19.1. The van der Waals surface area contributed by atoms with Crippen molar-refractivity contribution in [3.63, 3.8) is 0 Å². The van der Waals surface area contributed by atoms with E-state index in [0.29, 0.717) is 13.1 Å². The van der Waals surface area contributed by atoms with Crippen LogP contribution in [0.2, 0.25) is 0 Å². The van der Waals surface area contributed by atoms with Crippen LogP contribution in [0.25, 0.3) is 0 Å². The number of nitrogens with one attached hydrogen (secondary N) is 1. The van der Waals surface area contributed by atoms with Crippen LogP contribution in [-0.4, -0.2) is 18.3 Å². The van der Waals surface area contributed by atoms with E-state index in [2.05, 4.69) is 5.32 Å². The zero-order chi connectivity index (χ0) is 11.3. The topological polar surface area (TPSA) is 32.3 Å². The first-order chi connectivity index (χ1) is 7.03. The summed E-state index contributed by atoms with van der Waals surface area (Å²) in [5.41, 5.74) is 0.789. The lowest BCUT2D eigenvalue weighted by Crippen LogP contribution is -2.31. The van der Waals surface area contributed by atoms with Gasteiger partial charge >= 0.3 is 0 Å². The van der Waals surface area contributed by atoms with Gasteiger partial charge in [0.25, 0.3) is 0 Å². The summed E-state index contributed by atoms with van der Waals surface area (Å²) in [6, 6.07) is 6.52. The third-order valence-corrected chi connectivity index (χ3v) is 2.25. The molecule has 1 aromatic rings. The van der Waals surface area contributed by atoms with Crippen LogP contribution in [0.15, 0.2) is 24.3 Å². The minimum Gasteiger partial charge on any atom is -0.396 e. The fourth-order valence-corrected chi connectivity index (χ4v) is 1.25. The van der Waals surface area contributed by atoms with Crippen LogP contribution in [-0.2, 0) is 6.54 Å². The van der Waals surface area contributed by atoms with E-state index in [-0.39, 0.29) is 17.8 Å². The largest absolute Gasteiger partial charge is 0.396 e. The molecule has 0 saturated heterocycles. The van der Waals surface area contributed by atoms with Crippen molar-refractivity contribution >= 4 is 0 Å². The highest BCUT2D eigenvalue weighted by molar-refractivity contribution is 5.15. The van der Waals surface area contributed by atoms with Crippen LogP contribution in [0.4, 0.5) is 4.39 Å². The number of aliphatic hydroxyl groups excluding tert-OH is 1. The molecule has 0 bridgehead atoms. The van der Waals surface area contributed by atoms with Crippen molar-refractivity contribution in [3.8, 4) is 0 Å². The van der Waals surface area contributed by atoms with Gasteiger partial charge in [0, 0.05) is 25.1 Å². The van der Waals surface area contributed by atoms with Gasteiger partial charge in [0.1, 0.15) is 5.82 Å². The Bertz CT molecular complexity index is 312. The quantitative estimate of drug-likeness (QED) is 0.780. The van der Waals surface area contributed by atoms with Crippen molar-refractivity contribution in [1.29, 1.82) is 0 Å². The van der Waals surface area contributed by atoms with E-state index in [1.54, 1.807) is 6.07 Å². The summed E-state index contributed by atoms with van der Waals surface area (Å²) < 4.78 is 12.8. The van der Waals surface area contributed by atoms with Crippen molar-refractivity contribution in [2.24, 2.45) is 5.41 Å². The highest BCUT2D eigenvalue weighted by Gasteiger charge is 2.15. The molecule has 0 heterocycles.